The van der Waals surface area contributed by atoms with E-state index < -0.39 is 0 Å². The van der Waals surface area contributed by atoms with Gasteiger partial charge in [0.15, 0.2) is 5.82 Å². The molecule has 1 amide bonds. The summed E-state index contributed by atoms with van der Waals surface area (Å²) < 4.78 is 0. The van der Waals surface area contributed by atoms with Crippen LogP contribution in [0.5, 0.6) is 0 Å². The molecule has 0 aromatic carbocycles. The molecule has 0 aliphatic heterocycles. The molecule has 1 fully saturated rings. The van der Waals surface area contributed by atoms with Gasteiger partial charge in [0, 0.05) is 6.04 Å². The molecule has 0 unspecified atom stereocenters. The molecule has 1 aliphatic carbocycles. The second-order valence-electron chi connectivity index (χ2n) is 3.91. The van der Waals surface area contributed by atoms with Crippen LogP contribution >= 0.6 is 0 Å². The Kier molecular flexibility index (Phi) is 3.26. The minimum absolute atomic E-state index is 0.0108. The van der Waals surface area contributed by atoms with E-state index in [0.29, 0.717) is 11.9 Å². The molecule has 82 valence electrons. The van der Waals surface area contributed by atoms with Crippen LogP contribution in [0, 0.1) is 0 Å². The number of H-pyrrole nitrogens is 1. The van der Waals surface area contributed by atoms with Gasteiger partial charge >= 0.3 is 0 Å². The molecule has 15 heavy (non-hydrogen) atoms. The number of carbonyl (C=O) groups is 1. The van der Waals surface area contributed by atoms with Crippen LogP contribution in [0.1, 0.15) is 37.9 Å². The predicted molar refractivity (Wildman–Crippen MR) is 52.9 cm³/mol. The fourth-order valence-corrected chi connectivity index (χ4v) is 1.93. The van der Waals surface area contributed by atoms with E-state index in [4.69, 9.17) is 0 Å². The third kappa shape index (κ3) is 3.00. The first-order valence-corrected chi connectivity index (χ1v) is 5.36. The third-order valence-electron chi connectivity index (χ3n) is 2.68. The molecule has 1 aromatic rings. The number of carbonyl (C=O) groups excluding carboxylic acids is 1. The molecule has 0 atom stereocenters. The second kappa shape index (κ2) is 4.86. The first kappa shape index (κ1) is 10.1. The zero-order valence-corrected chi connectivity index (χ0v) is 8.57. The SMILES string of the molecule is O=C(Cc1nn[nH]n1)NC1CCCCC1. The van der Waals surface area contributed by atoms with Gasteiger partial charge in [0.1, 0.15) is 0 Å². The Morgan fingerprint density at radius 1 is 1.40 bits per heavy atom. The maximum absolute atomic E-state index is 11.5. The Bertz CT molecular complexity index is 304. The van der Waals surface area contributed by atoms with Gasteiger partial charge < -0.3 is 5.32 Å². The summed E-state index contributed by atoms with van der Waals surface area (Å²) in [6.07, 6.45) is 6.13. The summed E-state index contributed by atoms with van der Waals surface area (Å²) in [6.45, 7) is 0. The third-order valence-corrected chi connectivity index (χ3v) is 2.68. The summed E-state index contributed by atoms with van der Waals surface area (Å²) in [6, 6.07) is 0.346. The highest BCUT2D eigenvalue weighted by molar-refractivity contribution is 5.77. The average Bonchev–Trinajstić information content (AvgIpc) is 2.71. The van der Waals surface area contributed by atoms with Crippen molar-refractivity contribution in [1.29, 1.82) is 0 Å². The molecule has 1 aromatic heterocycles. The van der Waals surface area contributed by atoms with Gasteiger partial charge in [-0.25, -0.2) is 0 Å². The van der Waals surface area contributed by atoms with E-state index in [1.807, 2.05) is 0 Å². The number of aromatic amines is 1. The van der Waals surface area contributed by atoms with Crippen LogP contribution in [0.4, 0.5) is 0 Å². The monoisotopic (exact) mass is 209 g/mol. The maximum Gasteiger partial charge on any atom is 0.228 e. The average molecular weight is 209 g/mol. The summed E-state index contributed by atoms with van der Waals surface area (Å²) in [7, 11) is 0. The maximum atomic E-state index is 11.5. The molecule has 2 rings (SSSR count). The molecule has 1 aliphatic rings. The molecule has 2 N–H and O–H groups in total. The zero-order chi connectivity index (χ0) is 10.5. The summed E-state index contributed by atoms with van der Waals surface area (Å²) >= 11 is 0. The van der Waals surface area contributed by atoms with Crippen LogP contribution in [0.2, 0.25) is 0 Å². The van der Waals surface area contributed by atoms with Crippen molar-refractivity contribution in [2.24, 2.45) is 0 Å². The first-order valence-electron chi connectivity index (χ1n) is 5.36. The quantitative estimate of drug-likeness (QED) is 0.744. The van der Waals surface area contributed by atoms with Crippen LogP contribution in [0.15, 0.2) is 0 Å². The number of rotatable bonds is 3. The van der Waals surface area contributed by atoms with Crippen molar-refractivity contribution in [2.75, 3.05) is 0 Å². The van der Waals surface area contributed by atoms with E-state index in [1.54, 1.807) is 0 Å². The van der Waals surface area contributed by atoms with Gasteiger partial charge in [-0.1, -0.05) is 24.5 Å². The lowest BCUT2D eigenvalue weighted by Crippen LogP contribution is -2.37. The van der Waals surface area contributed by atoms with Crippen LogP contribution in [0.3, 0.4) is 0 Å². The van der Waals surface area contributed by atoms with Crippen molar-refractivity contribution in [1.82, 2.24) is 25.9 Å². The molecular weight excluding hydrogens is 194 g/mol. The van der Waals surface area contributed by atoms with Gasteiger partial charge in [0.25, 0.3) is 0 Å². The Balaban J connectivity index is 1.76. The van der Waals surface area contributed by atoms with E-state index in [9.17, 15) is 4.79 Å². The summed E-state index contributed by atoms with van der Waals surface area (Å²) in [4.78, 5) is 11.5. The van der Waals surface area contributed by atoms with Gasteiger partial charge in [-0.2, -0.15) is 5.21 Å². The number of aromatic nitrogens is 4. The van der Waals surface area contributed by atoms with E-state index in [0.717, 1.165) is 12.8 Å². The van der Waals surface area contributed by atoms with Crippen LogP contribution < -0.4 is 5.32 Å². The minimum atomic E-state index is -0.0108. The molecule has 6 nitrogen and oxygen atoms in total. The Morgan fingerprint density at radius 3 is 2.87 bits per heavy atom. The fourth-order valence-electron chi connectivity index (χ4n) is 1.93. The lowest BCUT2D eigenvalue weighted by atomic mass is 9.95. The first-order chi connectivity index (χ1) is 7.34. The summed E-state index contributed by atoms with van der Waals surface area (Å²) in [5.41, 5.74) is 0. The number of hydrogen-bond acceptors (Lipinski definition) is 4. The molecule has 0 bridgehead atoms. The largest absolute Gasteiger partial charge is 0.353 e. The molecular formula is C9H15N5O. The molecule has 0 spiro atoms. The smallest absolute Gasteiger partial charge is 0.228 e. The standard InChI is InChI=1S/C9H15N5O/c15-9(6-8-11-13-14-12-8)10-7-4-2-1-3-5-7/h7H,1-6H2,(H,10,15)(H,11,12,13,14). The number of tetrazole rings is 1. The number of nitrogens with one attached hydrogen (secondary N) is 2. The number of amides is 1. The normalized spacial score (nSPS) is 17.6. The van der Waals surface area contributed by atoms with E-state index in [2.05, 4.69) is 25.9 Å². The predicted octanol–water partition coefficient (Wildman–Crippen LogP) is 0.191. The van der Waals surface area contributed by atoms with Crippen LogP contribution in [-0.2, 0) is 11.2 Å². The van der Waals surface area contributed by atoms with E-state index in [1.165, 1.54) is 19.3 Å². The van der Waals surface area contributed by atoms with Crippen molar-refractivity contribution in [2.45, 2.75) is 44.6 Å². The van der Waals surface area contributed by atoms with Gasteiger partial charge in [-0.15, -0.1) is 10.2 Å². The van der Waals surface area contributed by atoms with E-state index in [-0.39, 0.29) is 12.3 Å². The van der Waals surface area contributed by atoms with E-state index >= 15 is 0 Å². The Labute approximate surface area is 87.8 Å². The number of nitrogens with zero attached hydrogens (tertiary/aromatic N) is 3. The highest BCUT2D eigenvalue weighted by atomic mass is 16.1. The van der Waals surface area contributed by atoms with Crippen molar-refractivity contribution in [3.05, 3.63) is 5.82 Å². The molecule has 6 heteroatoms. The molecule has 0 radical (unpaired) electrons. The van der Waals surface area contributed by atoms with Gasteiger partial charge in [0.2, 0.25) is 5.91 Å². The van der Waals surface area contributed by atoms with Gasteiger partial charge in [-0.05, 0) is 12.8 Å². The van der Waals surface area contributed by atoms with Crippen molar-refractivity contribution >= 4 is 5.91 Å². The number of hydrogen-bond donors (Lipinski definition) is 2. The Hall–Kier alpha value is -1.46. The van der Waals surface area contributed by atoms with Gasteiger partial charge in [-0.3, -0.25) is 4.79 Å². The van der Waals surface area contributed by atoms with Crippen molar-refractivity contribution in [3.8, 4) is 0 Å². The highest BCUT2D eigenvalue weighted by Gasteiger charge is 2.16. The lowest BCUT2D eigenvalue weighted by molar-refractivity contribution is -0.121. The van der Waals surface area contributed by atoms with Crippen LogP contribution in [-0.4, -0.2) is 32.6 Å². The molecule has 0 saturated heterocycles. The summed E-state index contributed by atoms with van der Waals surface area (Å²) in [5, 5.41) is 16.2. The summed E-state index contributed by atoms with van der Waals surface area (Å²) in [5.74, 6) is 0.437. The Morgan fingerprint density at radius 2 is 2.20 bits per heavy atom. The van der Waals surface area contributed by atoms with Gasteiger partial charge in [0.05, 0.1) is 6.42 Å². The highest BCUT2D eigenvalue weighted by Crippen LogP contribution is 2.17. The second-order valence-corrected chi connectivity index (χ2v) is 3.91. The van der Waals surface area contributed by atoms with Crippen LogP contribution in [0.25, 0.3) is 0 Å². The fraction of sp³-hybridized carbons (Fsp3) is 0.778. The molecule has 1 heterocycles. The van der Waals surface area contributed by atoms with Crippen molar-refractivity contribution < 1.29 is 4.79 Å². The zero-order valence-electron chi connectivity index (χ0n) is 8.57. The topological polar surface area (TPSA) is 83.6 Å². The lowest BCUT2D eigenvalue weighted by Gasteiger charge is -2.22. The molecule has 1 saturated carbocycles. The minimum Gasteiger partial charge on any atom is -0.353 e. The van der Waals surface area contributed by atoms with Crippen molar-refractivity contribution in [3.63, 3.8) is 0 Å².